The summed E-state index contributed by atoms with van der Waals surface area (Å²) in [4.78, 5) is 21.1. The van der Waals surface area contributed by atoms with E-state index in [9.17, 15) is 4.79 Å². The molecule has 0 fully saturated rings. The van der Waals surface area contributed by atoms with Crippen molar-refractivity contribution in [3.05, 3.63) is 46.0 Å². The standard InChI is InChI=1S/C17H16N4O3/c1-9-7-13(22)21-16(18-9)19-14-11-6-5-10(23-4)8-12(11)24-17(2,3)15(14)20-21/h5-8H,1-4H3. The average Bonchev–Trinajstić information content (AvgIpc) is 2.52. The molecule has 0 amide bonds. The Kier molecular flexibility index (Phi) is 2.90. The number of hydrogen-bond donors (Lipinski definition) is 0. The van der Waals surface area contributed by atoms with Crippen LogP contribution in [0.4, 0.5) is 0 Å². The lowest BCUT2D eigenvalue weighted by atomic mass is 9.94. The molecule has 0 spiro atoms. The summed E-state index contributed by atoms with van der Waals surface area (Å²) >= 11 is 0. The van der Waals surface area contributed by atoms with Gasteiger partial charge in [-0.05, 0) is 32.9 Å². The van der Waals surface area contributed by atoms with E-state index in [0.717, 1.165) is 5.56 Å². The summed E-state index contributed by atoms with van der Waals surface area (Å²) in [6, 6.07) is 6.97. The second-order valence-electron chi connectivity index (χ2n) is 6.23. The van der Waals surface area contributed by atoms with Gasteiger partial charge in [0.05, 0.1) is 7.11 Å². The highest BCUT2D eigenvalue weighted by atomic mass is 16.5. The minimum atomic E-state index is -0.736. The molecule has 24 heavy (non-hydrogen) atoms. The van der Waals surface area contributed by atoms with Gasteiger partial charge in [0.15, 0.2) is 0 Å². The third-order valence-electron chi connectivity index (χ3n) is 4.02. The van der Waals surface area contributed by atoms with E-state index >= 15 is 0 Å². The van der Waals surface area contributed by atoms with Crippen LogP contribution in [0.25, 0.3) is 17.0 Å². The maximum atomic E-state index is 12.2. The number of hydrogen-bond acceptors (Lipinski definition) is 6. The molecule has 1 aliphatic heterocycles. The zero-order valence-corrected chi connectivity index (χ0v) is 13.8. The molecule has 0 atom stereocenters. The summed E-state index contributed by atoms with van der Waals surface area (Å²) in [6.07, 6.45) is 0. The number of benzene rings is 1. The monoisotopic (exact) mass is 324 g/mol. The number of ether oxygens (including phenoxy) is 2. The van der Waals surface area contributed by atoms with E-state index in [-0.39, 0.29) is 11.3 Å². The molecule has 3 aromatic rings. The summed E-state index contributed by atoms with van der Waals surface area (Å²) in [5.41, 5.74) is 1.68. The maximum absolute atomic E-state index is 12.2. The fourth-order valence-electron chi connectivity index (χ4n) is 2.87. The van der Waals surface area contributed by atoms with Crippen molar-refractivity contribution in [3.63, 3.8) is 0 Å². The van der Waals surface area contributed by atoms with E-state index in [4.69, 9.17) is 9.47 Å². The lowest BCUT2D eigenvalue weighted by Gasteiger charge is -2.33. The van der Waals surface area contributed by atoms with Crippen LogP contribution in [0.2, 0.25) is 0 Å². The van der Waals surface area contributed by atoms with Gasteiger partial charge in [-0.1, -0.05) is 0 Å². The van der Waals surface area contributed by atoms with Crippen LogP contribution in [-0.2, 0) is 5.60 Å². The summed E-state index contributed by atoms with van der Waals surface area (Å²) in [6.45, 7) is 5.54. The van der Waals surface area contributed by atoms with Gasteiger partial charge in [-0.3, -0.25) is 4.79 Å². The van der Waals surface area contributed by atoms with Crippen molar-refractivity contribution in [1.29, 1.82) is 0 Å². The molecule has 2 aromatic heterocycles. The van der Waals surface area contributed by atoms with Gasteiger partial charge in [0.1, 0.15) is 28.5 Å². The van der Waals surface area contributed by atoms with Crippen molar-refractivity contribution < 1.29 is 9.47 Å². The molecule has 0 aliphatic carbocycles. The SMILES string of the molecule is COc1ccc2c(c1)OC(C)(C)c1nn3c(=O)cc(C)nc3nc1-2. The topological polar surface area (TPSA) is 78.6 Å². The Hall–Kier alpha value is -2.96. The first-order valence-electron chi connectivity index (χ1n) is 7.56. The molecular weight excluding hydrogens is 308 g/mol. The Morgan fingerprint density at radius 1 is 1.21 bits per heavy atom. The van der Waals surface area contributed by atoms with Crippen LogP contribution in [0.1, 0.15) is 25.2 Å². The third kappa shape index (κ3) is 2.05. The summed E-state index contributed by atoms with van der Waals surface area (Å²) < 4.78 is 12.6. The molecule has 1 aromatic carbocycles. The predicted octanol–water partition coefficient (Wildman–Crippen LogP) is 2.10. The van der Waals surface area contributed by atoms with Gasteiger partial charge >= 0.3 is 0 Å². The van der Waals surface area contributed by atoms with Gasteiger partial charge in [0.25, 0.3) is 11.3 Å². The van der Waals surface area contributed by atoms with Gasteiger partial charge in [-0.25, -0.2) is 9.97 Å². The van der Waals surface area contributed by atoms with Gasteiger partial charge in [-0.15, -0.1) is 0 Å². The third-order valence-corrected chi connectivity index (χ3v) is 4.02. The first-order chi connectivity index (χ1) is 11.4. The molecule has 0 radical (unpaired) electrons. The highest BCUT2D eigenvalue weighted by Crippen LogP contribution is 2.44. The molecule has 7 nitrogen and oxygen atoms in total. The van der Waals surface area contributed by atoms with Crippen molar-refractivity contribution in [2.45, 2.75) is 26.4 Å². The normalized spacial score (nSPS) is 14.7. The largest absolute Gasteiger partial charge is 0.497 e. The molecular formula is C17H16N4O3. The number of aryl methyl sites for hydroxylation is 1. The lowest BCUT2D eigenvalue weighted by Crippen LogP contribution is -2.34. The maximum Gasteiger partial charge on any atom is 0.275 e. The zero-order chi connectivity index (χ0) is 17.1. The molecule has 0 saturated heterocycles. The van der Waals surface area contributed by atoms with Crippen LogP contribution in [0.5, 0.6) is 11.5 Å². The van der Waals surface area contributed by atoms with Gasteiger partial charge in [0.2, 0.25) is 0 Å². The number of aromatic nitrogens is 4. The van der Waals surface area contributed by atoms with Gasteiger partial charge in [0, 0.05) is 23.4 Å². The average molecular weight is 324 g/mol. The van der Waals surface area contributed by atoms with Crippen LogP contribution in [0.15, 0.2) is 29.1 Å². The van der Waals surface area contributed by atoms with Crippen LogP contribution in [-0.4, -0.2) is 26.7 Å². The first-order valence-corrected chi connectivity index (χ1v) is 7.56. The zero-order valence-electron chi connectivity index (χ0n) is 13.8. The number of fused-ring (bicyclic) bond motifs is 4. The smallest absolute Gasteiger partial charge is 0.275 e. The molecule has 4 rings (SSSR count). The second-order valence-corrected chi connectivity index (χ2v) is 6.23. The number of methoxy groups -OCH3 is 1. The fraction of sp³-hybridized carbons (Fsp3) is 0.294. The summed E-state index contributed by atoms with van der Waals surface area (Å²) in [7, 11) is 1.61. The van der Waals surface area contributed by atoms with Crippen molar-refractivity contribution in [1.82, 2.24) is 19.6 Å². The number of rotatable bonds is 1. The summed E-state index contributed by atoms with van der Waals surface area (Å²) in [5.74, 6) is 1.64. The minimum absolute atomic E-state index is 0.260. The van der Waals surface area contributed by atoms with Crippen LogP contribution in [0.3, 0.4) is 0 Å². The van der Waals surface area contributed by atoms with Crippen LogP contribution in [0, 0.1) is 6.92 Å². The van der Waals surface area contributed by atoms with Crippen molar-refractivity contribution in [2.75, 3.05) is 7.11 Å². The molecule has 3 heterocycles. The fourth-order valence-corrected chi connectivity index (χ4v) is 2.87. The molecule has 0 saturated carbocycles. The Labute approximate surface area is 137 Å². The number of nitrogens with zero attached hydrogens (tertiary/aromatic N) is 4. The summed E-state index contributed by atoms with van der Waals surface area (Å²) in [5, 5.41) is 4.47. The predicted molar refractivity (Wildman–Crippen MR) is 87.4 cm³/mol. The van der Waals surface area contributed by atoms with Gasteiger partial charge in [-0.2, -0.15) is 9.61 Å². The molecule has 122 valence electrons. The van der Waals surface area contributed by atoms with Crippen LogP contribution >= 0.6 is 0 Å². The van der Waals surface area contributed by atoms with Crippen molar-refractivity contribution in [2.24, 2.45) is 0 Å². The molecule has 0 N–H and O–H groups in total. The van der Waals surface area contributed by atoms with E-state index in [0.29, 0.717) is 28.6 Å². The Bertz CT molecular complexity index is 1040. The van der Waals surface area contributed by atoms with E-state index in [2.05, 4.69) is 15.1 Å². The second kappa shape index (κ2) is 4.77. The highest BCUT2D eigenvalue weighted by Gasteiger charge is 2.36. The van der Waals surface area contributed by atoms with Crippen molar-refractivity contribution >= 4 is 5.78 Å². The molecule has 0 unspecified atom stereocenters. The molecule has 7 heteroatoms. The van der Waals surface area contributed by atoms with E-state index in [1.165, 1.54) is 10.6 Å². The lowest BCUT2D eigenvalue weighted by molar-refractivity contribution is 0.0979. The first kappa shape index (κ1) is 14.6. The van der Waals surface area contributed by atoms with Crippen LogP contribution < -0.4 is 15.0 Å². The van der Waals surface area contributed by atoms with Gasteiger partial charge < -0.3 is 9.47 Å². The van der Waals surface area contributed by atoms with E-state index in [1.54, 1.807) is 14.0 Å². The highest BCUT2D eigenvalue weighted by molar-refractivity contribution is 5.74. The quantitative estimate of drug-likeness (QED) is 0.682. The Morgan fingerprint density at radius 3 is 2.75 bits per heavy atom. The van der Waals surface area contributed by atoms with Crippen molar-refractivity contribution in [3.8, 4) is 22.8 Å². The molecule has 1 aliphatic rings. The Balaban J connectivity index is 2.08. The Morgan fingerprint density at radius 2 is 2.00 bits per heavy atom. The minimum Gasteiger partial charge on any atom is -0.497 e. The van der Waals surface area contributed by atoms with E-state index < -0.39 is 5.60 Å². The van der Waals surface area contributed by atoms with E-state index in [1.807, 2.05) is 32.0 Å². The molecule has 0 bridgehead atoms.